The molecule has 0 saturated heterocycles. The first-order valence-corrected chi connectivity index (χ1v) is 6.24. The summed E-state index contributed by atoms with van der Waals surface area (Å²) in [6.45, 7) is 0.734. The highest BCUT2D eigenvalue weighted by Crippen LogP contribution is 2.18. The lowest BCUT2D eigenvalue weighted by Crippen LogP contribution is -2.04. The van der Waals surface area contributed by atoms with Crippen LogP contribution in [0.15, 0.2) is 48.5 Å². The smallest absolute Gasteiger partial charge is 0.203 e. The summed E-state index contributed by atoms with van der Waals surface area (Å²) in [5.41, 5.74) is 9.77. The molecule has 4 nitrogen and oxygen atoms in total. The van der Waals surface area contributed by atoms with E-state index >= 15 is 0 Å². The summed E-state index contributed by atoms with van der Waals surface area (Å²) >= 11 is 0. The zero-order valence-corrected chi connectivity index (χ0v) is 10.8. The largest absolute Gasteiger partial charge is 0.399 e. The van der Waals surface area contributed by atoms with Crippen molar-refractivity contribution in [2.45, 2.75) is 6.54 Å². The summed E-state index contributed by atoms with van der Waals surface area (Å²) in [5.74, 6) is 0.873. The molecular formula is C15H16N4. The molecule has 2 aromatic carbocycles. The number of aromatic nitrogens is 2. The van der Waals surface area contributed by atoms with E-state index in [1.54, 1.807) is 0 Å². The average molecular weight is 252 g/mol. The van der Waals surface area contributed by atoms with Crippen molar-refractivity contribution in [1.82, 2.24) is 9.55 Å². The quantitative estimate of drug-likeness (QED) is 0.705. The minimum Gasteiger partial charge on any atom is -0.399 e. The number of nitrogens with zero attached hydrogens (tertiary/aromatic N) is 2. The molecule has 0 unspecified atom stereocenters. The van der Waals surface area contributed by atoms with Crippen molar-refractivity contribution in [1.29, 1.82) is 0 Å². The van der Waals surface area contributed by atoms with E-state index in [0.717, 1.165) is 29.2 Å². The van der Waals surface area contributed by atoms with Gasteiger partial charge in [-0.05, 0) is 29.8 Å². The summed E-state index contributed by atoms with van der Waals surface area (Å²) in [4.78, 5) is 4.57. The van der Waals surface area contributed by atoms with Gasteiger partial charge < -0.3 is 15.6 Å². The second-order valence-corrected chi connectivity index (χ2v) is 4.58. The number of fused-ring (bicyclic) bond motifs is 1. The molecular weight excluding hydrogens is 236 g/mol. The number of anilines is 2. The van der Waals surface area contributed by atoms with Gasteiger partial charge in [0.05, 0.1) is 11.0 Å². The second kappa shape index (κ2) is 4.65. The van der Waals surface area contributed by atoms with Gasteiger partial charge in [-0.25, -0.2) is 4.98 Å². The third-order valence-corrected chi connectivity index (χ3v) is 3.22. The van der Waals surface area contributed by atoms with E-state index in [2.05, 4.69) is 20.9 Å². The minimum atomic E-state index is 0.734. The van der Waals surface area contributed by atoms with Crippen LogP contribution in [0.25, 0.3) is 11.0 Å². The molecule has 3 N–H and O–H groups in total. The Kier molecular flexibility index (Phi) is 2.83. The van der Waals surface area contributed by atoms with Gasteiger partial charge in [-0.2, -0.15) is 0 Å². The molecule has 19 heavy (non-hydrogen) atoms. The molecule has 4 heteroatoms. The first kappa shape index (κ1) is 11.6. The third-order valence-electron chi connectivity index (χ3n) is 3.22. The lowest BCUT2D eigenvalue weighted by atomic mass is 10.2. The van der Waals surface area contributed by atoms with Crippen molar-refractivity contribution in [3.05, 3.63) is 54.1 Å². The standard InChI is InChI=1S/C15H16N4/c1-19-14-5-3-2-4-13(14)18-15(19)17-10-11-6-8-12(16)9-7-11/h2-9H,10,16H2,1H3,(H,17,18). The van der Waals surface area contributed by atoms with Crippen LogP contribution in [0.1, 0.15) is 5.56 Å². The summed E-state index contributed by atoms with van der Waals surface area (Å²) in [6, 6.07) is 16.0. The van der Waals surface area contributed by atoms with Crippen LogP contribution in [-0.2, 0) is 13.6 Å². The number of benzene rings is 2. The van der Waals surface area contributed by atoms with Gasteiger partial charge in [0, 0.05) is 19.3 Å². The van der Waals surface area contributed by atoms with E-state index in [4.69, 9.17) is 5.73 Å². The Morgan fingerprint density at radius 2 is 1.84 bits per heavy atom. The number of hydrogen-bond donors (Lipinski definition) is 2. The predicted octanol–water partition coefficient (Wildman–Crippen LogP) is 2.77. The molecule has 0 radical (unpaired) electrons. The first-order valence-electron chi connectivity index (χ1n) is 6.24. The molecule has 3 aromatic rings. The molecule has 1 heterocycles. The average Bonchev–Trinajstić information content (AvgIpc) is 2.76. The first-order chi connectivity index (χ1) is 9.24. The maximum absolute atomic E-state index is 5.67. The zero-order chi connectivity index (χ0) is 13.2. The number of aryl methyl sites for hydroxylation is 1. The topological polar surface area (TPSA) is 55.9 Å². The Labute approximate surface area is 111 Å². The Morgan fingerprint density at radius 1 is 1.11 bits per heavy atom. The van der Waals surface area contributed by atoms with Crippen molar-refractivity contribution in [3.8, 4) is 0 Å². The molecule has 0 fully saturated rings. The van der Waals surface area contributed by atoms with E-state index < -0.39 is 0 Å². The third kappa shape index (κ3) is 2.25. The highest BCUT2D eigenvalue weighted by molar-refractivity contribution is 5.78. The van der Waals surface area contributed by atoms with Crippen LogP contribution in [0.5, 0.6) is 0 Å². The zero-order valence-electron chi connectivity index (χ0n) is 10.8. The van der Waals surface area contributed by atoms with Crippen LogP contribution < -0.4 is 11.1 Å². The SMILES string of the molecule is Cn1c(NCc2ccc(N)cc2)nc2ccccc21. The fourth-order valence-electron chi connectivity index (χ4n) is 2.12. The van der Waals surface area contributed by atoms with E-state index in [0.29, 0.717) is 0 Å². The van der Waals surface area contributed by atoms with E-state index in [1.807, 2.05) is 49.5 Å². The van der Waals surface area contributed by atoms with Gasteiger partial charge in [-0.1, -0.05) is 24.3 Å². The van der Waals surface area contributed by atoms with Crippen LogP contribution in [0, 0.1) is 0 Å². The molecule has 3 rings (SSSR count). The Morgan fingerprint density at radius 3 is 2.58 bits per heavy atom. The number of hydrogen-bond acceptors (Lipinski definition) is 3. The van der Waals surface area contributed by atoms with Gasteiger partial charge in [0.15, 0.2) is 0 Å². The number of rotatable bonds is 3. The Bertz CT molecular complexity index is 698. The fourth-order valence-corrected chi connectivity index (χ4v) is 2.12. The molecule has 0 aliphatic heterocycles. The van der Waals surface area contributed by atoms with Crippen molar-refractivity contribution in [2.24, 2.45) is 7.05 Å². The van der Waals surface area contributed by atoms with Crippen LogP contribution in [0.2, 0.25) is 0 Å². The van der Waals surface area contributed by atoms with Gasteiger partial charge in [0.25, 0.3) is 0 Å². The van der Waals surface area contributed by atoms with E-state index in [9.17, 15) is 0 Å². The number of imidazole rings is 1. The molecule has 0 bridgehead atoms. The molecule has 0 saturated carbocycles. The summed E-state index contributed by atoms with van der Waals surface area (Å²) in [7, 11) is 2.01. The van der Waals surface area contributed by atoms with Crippen molar-refractivity contribution in [3.63, 3.8) is 0 Å². The highest BCUT2D eigenvalue weighted by atomic mass is 15.2. The number of nitrogen functional groups attached to an aromatic ring is 1. The number of para-hydroxylation sites is 2. The van der Waals surface area contributed by atoms with Gasteiger partial charge in [0.2, 0.25) is 5.95 Å². The van der Waals surface area contributed by atoms with Crippen LogP contribution in [-0.4, -0.2) is 9.55 Å². The molecule has 0 amide bonds. The van der Waals surface area contributed by atoms with Gasteiger partial charge in [-0.3, -0.25) is 0 Å². The van der Waals surface area contributed by atoms with Crippen LogP contribution >= 0.6 is 0 Å². The van der Waals surface area contributed by atoms with Crippen molar-refractivity contribution >= 4 is 22.7 Å². The van der Waals surface area contributed by atoms with E-state index in [-0.39, 0.29) is 0 Å². The molecule has 1 aromatic heterocycles. The fraction of sp³-hybridized carbons (Fsp3) is 0.133. The minimum absolute atomic E-state index is 0.734. The van der Waals surface area contributed by atoms with Gasteiger partial charge >= 0.3 is 0 Å². The lowest BCUT2D eigenvalue weighted by molar-refractivity contribution is 0.927. The van der Waals surface area contributed by atoms with Gasteiger partial charge in [0.1, 0.15) is 0 Å². The second-order valence-electron chi connectivity index (χ2n) is 4.58. The van der Waals surface area contributed by atoms with E-state index in [1.165, 1.54) is 5.56 Å². The Hall–Kier alpha value is -2.49. The van der Waals surface area contributed by atoms with Crippen LogP contribution in [0.4, 0.5) is 11.6 Å². The Balaban J connectivity index is 1.82. The lowest BCUT2D eigenvalue weighted by Gasteiger charge is -2.06. The molecule has 0 aliphatic carbocycles. The maximum atomic E-state index is 5.67. The molecule has 0 aliphatic rings. The number of nitrogens with one attached hydrogen (secondary N) is 1. The monoisotopic (exact) mass is 252 g/mol. The normalized spacial score (nSPS) is 10.8. The van der Waals surface area contributed by atoms with Crippen molar-refractivity contribution < 1.29 is 0 Å². The predicted molar refractivity (Wildman–Crippen MR) is 78.9 cm³/mol. The summed E-state index contributed by atoms with van der Waals surface area (Å²) in [5, 5.41) is 3.35. The summed E-state index contributed by atoms with van der Waals surface area (Å²) in [6.07, 6.45) is 0. The van der Waals surface area contributed by atoms with Crippen molar-refractivity contribution in [2.75, 3.05) is 11.1 Å². The maximum Gasteiger partial charge on any atom is 0.203 e. The molecule has 0 atom stereocenters. The molecule has 0 spiro atoms. The highest BCUT2D eigenvalue weighted by Gasteiger charge is 2.05. The van der Waals surface area contributed by atoms with Gasteiger partial charge in [-0.15, -0.1) is 0 Å². The van der Waals surface area contributed by atoms with Crippen LogP contribution in [0.3, 0.4) is 0 Å². The summed E-state index contributed by atoms with van der Waals surface area (Å²) < 4.78 is 2.06. The molecule has 96 valence electrons. The number of nitrogens with two attached hydrogens (primary N) is 1.